The summed E-state index contributed by atoms with van der Waals surface area (Å²) >= 11 is 0. The zero-order valence-electron chi connectivity index (χ0n) is 9.37. The maximum absolute atomic E-state index is 12.0. The maximum atomic E-state index is 12.0. The number of nitrogens with one attached hydrogen (secondary N) is 1. The van der Waals surface area contributed by atoms with Crippen LogP contribution in [-0.2, 0) is 4.79 Å². The Balaban J connectivity index is 1.83. The summed E-state index contributed by atoms with van der Waals surface area (Å²) in [7, 11) is 0. The molecule has 2 unspecified atom stereocenters. The second-order valence-electron chi connectivity index (χ2n) is 5.02. The summed E-state index contributed by atoms with van der Waals surface area (Å²) in [4.78, 5) is 12.0. The standard InChI is InChI=1S/C12H22N2O/c13-8-9-4-3-7-11(9)12(15)14-10-5-1-2-6-10/h9-11H,1-8,13H2,(H,14,15). The molecule has 0 bridgehead atoms. The fourth-order valence-electron chi connectivity index (χ4n) is 3.04. The minimum atomic E-state index is 0.204. The number of amides is 1. The van der Waals surface area contributed by atoms with Crippen molar-refractivity contribution in [1.82, 2.24) is 5.32 Å². The quantitative estimate of drug-likeness (QED) is 0.740. The Bertz CT molecular complexity index is 224. The lowest BCUT2D eigenvalue weighted by Gasteiger charge is -2.20. The molecule has 0 heterocycles. The van der Waals surface area contributed by atoms with Gasteiger partial charge in [-0.25, -0.2) is 0 Å². The van der Waals surface area contributed by atoms with Crippen LogP contribution in [0.25, 0.3) is 0 Å². The molecular weight excluding hydrogens is 188 g/mol. The minimum absolute atomic E-state index is 0.204. The van der Waals surface area contributed by atoms with Crippen molar-refractivity contribution in [3.8, 4) is 0 Å². The summed E-state index contributed by atoms with van der Waals surface area (Å²) in [5.74, 6) is 0.914. The number of rotatable bonds is 3. The van der Waals surface area contributed by atoms with E-state index >= 15 is 0 Å². The van der Waals surface area contributed by atoms with E-state index in [-0.39, 0.29) is 11.8 Å². The van der Waals surface area contributed by atoms with Crippen LogP contribution in [0.5, 0.6) is 0 Å². The third-order valence-electron chi connectivity index (χ3n) is 4.00. The zero-order chi connectivity index (χ0) is 10.7. The van der Waals surface area contributed by atoms with Crippen molar-refractivity contribution in [1.29, 1.82) is 0 Å². The van der Waals surface area contributed by atoms with Gasteiger partial charge in [0.15, 0.2) is 0 Å². The average molecular weight is 210 g/mol. The number of carbonyl (C=O) groups excluding carboxylic acids is 1. The highest BCUT2D eigenvalue weighted by atomic mass is 16.2. The van der Waals surface area contributed by atoms with E-state index in [9.17, 15) is 4.79 Å². The van der Waals surface area contributed by atoms with Crippen molar-refractivity contribution in [3.05, 3.63) is 0 Å². The van der Waals surface area contributed by atoms with Crippen molar-refractivity contribution in [2.24, 2.45) is 17.6 Å². The van der Waals surface area contributed by atoms with E-state index in [1.54, 1.807) is 0 Å². The van der Waals surface area contributed by atoms with Gasteiger partial charge in [-0.05, 0) is 38.1 Å². The van der Waals surface area contributed by atoms with E-state index in [4.69, 9.17) is 5.73 Å². The highest BCUT2D eigenvalue weighted by Gasteiger charge is 2.33. The van der Waals surface area contributed by atoms with E-state index in [0.717, 1.165) is 12.8 Å². The lowest BCUT2D eigenvalue weighted by atomic mass is 9.95. The van der Waals surface area contributed by atoms with Crippen molar-refractivity contribution in [2.45, 2.75) is 51.0 Å². The minimum Gasteiger partial charge on any atom is -0.353 e. The van der Waals surface area contributed by atoms with Crippen molar-refractivity contribution >= 4 is 5.91 Å². The molecular formula is C12H22N2O. The smallest absolute Gasteiger partial charge is 0.223 e. The Morgan fingerprint density at radius 2 is 1.87 bits per heavy atom. The highest BCUT2D eigenvalue weighted by molar-refractivity contribution is 5.79. The molecule has 3 N–H and O–H groups in total. The number of carbonyl (C=O) groups is 1. The van der Waals surface area contributed by atoms with Crippen molar-refractivity contribution < 1.29 is 4.79 Å². The normalized spacial score (nSPS) is 32.1. The Morgan fingerprint density at radius 1 is 1.13 bits per heavy atom. The molecule has 0 aromatic heterocycles. The second-order valence-corrected chi connectivity index (χ2v) is 5.02. The molecule has 0 aromatic rings. The van der Waals surface area contributed by atoms with Crippen LogP contribution in [0, 0.1) is 11.8 Å². The number of hydrogen-bond donors (Lipinski definition) is 2. The van der Waals surface area contributed by atoms with Crippen LogP contribution in [0.2, 0.25) is 0 Å². The molecule has 15 heavy (non-hydrogen) atoms. The van der Waals surface area contributed by atoms with Crippen LogP contribution in [0.1, 0.15) is 44.9 Å². The van der Waals surface area contributed by atoms with E-state index < -0.39 is 0 Å². The zero-order valence-corrected chi connectivity index (χ0v) is 9.37. The van der Waals surface area contributed by atoms with Crippen LogP contribution >= 0.6 is 0 Å². The van der Waals surface area contributed by atoms with Gasteiger partial charge in [0.1, 0.15) is 0 Å². The molecule has 0 spiro atoms. The van der Waals surface area contributed by atoms with Crippen LogP contribution in [0.4, 0.5) is 0 Å². The molecule has 2 fully saturated rings. The summed E-state index contributed by atoms with van der Waals surface area (Å²) in [6.07, 6.45) is 8.24. The van der Waals surface area contributed by atoms with Crippen LogP contribution in [0.3, 0.4) is 0 Å². The van der Waals surface area contributed by atoms with Crippen LogP contribution < -0.4 is 11.1 Å². The highest BCUT2D eigenvalue weighted by Crippen LogP contribution is 2.31. The van der Waals surface area contributed by atoms with E-state index in [0.29, 0.717) is 18.5 Å². The van der Waals surface area contributed by atoms with Gasteiger partial charge in [-0.2, -0.15) is 0 Å². The van der Waals surface area contributed by atoms with E-state index in [1.165, 1.54) is 32.1 Å². The molecule has 2 saturated carbocycles. The molecule has 0 saturated heterocycles. The molecule has 3 nitrogen and oxygen atoms in total. The molecule has 2 aliphatic rings. The first-order valence-corrected chi connectivity index (χ1v) is 6.31. The molecule has 86 valence electrons. The first kappa shape index (κ1) is 10.9. The van der Waals surface area contributed by atoms with Gasteiger partial charge in [0.25, 0.3) is 0 Å². The van der Waals surface area contributed by atoms with Gasteiger partial charge in [0.05, 0.1) is 0 Å². The molecule has 2 aliphatic carbocycles. The van der Waals surface area contributed by atoms with Gasteiger partial charge < -0.3 is 11.1 Å². The third kappa shape index (κ3) is 2.51. The van der Waals surface area contributed by atoms with Gasteiger partial charge in [-0.15, -0.1) is 0 Å². The third-order valence-corrected chi connectivity index (χ3v) is 4.00. The van der Waals surface area contributed by atoms with Crippen molar-refractivity contribution in [3.63, 3.8) is 0 Å². The first-order valence-electron chi connectivity index (χ1n) is 6.31. The monoisotopic (exact) mass is 210 g/mol. The predicted octanol–water partition coefficient (Wildman–Crippen LogP) is 1.42. The molecule has 0 radical (unpaired) electrons. The van der Waals surface area contributed by atoms with E-state index in [2.05, 4.69) is 5.32 Å². The summed E-state index contributed by atoms with van der Waals surface area (Å²) in [5.41, 5.74) is 5.69. The summed E-state index contributed by atoms with van der Waals surface area (Å²) in [6.45, 7) is 0.669. The van der Waals surface area contributed by atoms with Crippen LogP contribution in [0.15, 0.2) is 0 Å². The molecule has 0 aliphatic heterocycles. The van der Waals surface area contributed by atoms with E-state index in [1.807, 2.05) is 0 Å². The van der Waals surface area contributed by atoms with Gasteiger partial charge in [0.2, 0.25) is 5.91 Å². The van der Waals surface area contributed by atoms with Gasteiger partial charge in [-0.3, -0.25) is 4.79 Å². The fourth-order valence-corrected chi connectivity index (χ4v) is 3.04. The molecule has 1 amide bonds. The second kappa shape index (κ2) is 4.97. The Morgan fingerprint density at radius 3 is 2.53 bits per heavy atom. The molecule has 2 atom stereocenters. The Kier molecular flexibility index (Phi) is 3.62. The summed E-state index contributed by atoms with van der Waals surface area (Å²) in [6, 6.07) is 0.455. The Labute approximate surface area is 91.8 Å². The number of nitrogens with two attached hydrogens (primary N) is 1. The lowest BCUT2D eigenvalue weighted by molar-refractivity contribution is -0.126. The lowest BCUT2D eigenvalue weighted by Crippen LogP contribution is -2.39. The number of hydrogen-bond acceptors (Lipinski definition) is 2. The Hall–Kier alpha value is -0.570. The molecule has 3 heteroatoms. The van der Waals surface area contributed by atoms with Gasteiger partial charge >= 0.3 is 0 Å². The molecule has 0 aromatic carbocycles. The van der Waals surface area contributed by atoms with Crippen molar-refractivity contribution in [2.75, 3.05) is 6.54 Å². The summed E-state index contributed by atoms with van der Waals surface area (Å²) in [5, 5.41) is 3.19. The van der Waals surface area contributed by atoms with Gasteiger partial charge in [-0.1, -0.05) is 19.3 Å². The topological polar surface area (TPSA) is 55.1 Å². The predicted molar refractivity (Wildman–Crippen MR) is 60.3 cm³/mol. The van der Waals surface area contributed by atoms with Gasteiger partial charge in [0, 0.05) is 12.0 Å². The largest absolute Gasteiger partial charge is 0.353 e. The average Bonchev–Trinajstić information content (AvgIpc) is 2.86. The maximum Gasteiger partial charge on any atom is 0.223 e. The fraction of sp³-hybridized carbons (Fsp3) is 0.917. The SMILES string of the molecule is NCC1CCCC1C(=O)NC1CCCC1. The van der Waals surface area contributed by atoms with Crippen LogP contribution in [-0.4, -0.2) is 18.5 Å². The first-order chi connectivity index (χ1) is 7.31. The summed E-state index contributed by atoms with van der Waals surface area (Å²) < 4.78 is 0. The molecule has 2 rings (SSSR count).